The van der Waals surface area contributed by atoms with Crippen molar-refractivity contribution in [2.75, 3.05) is 38.6 Å². The van der Waals surface area contributed by atoms with Gasteiger partial charge in [0.2, 0.25) is 5.91 Å². The predicted molar refractivity (Wildman–Crippen MR) is 95.1 cm³/mol. The molecule has 3 rings (SSSR count). The highest BCUT2D eigenvalue weighted by Crippen LogP contribution is 2.19. The number of nitrogens with zero attached hydrogens (tertiary/aromatic N) is 5. The molecule has 0 spiro atoms. The van der Waals surface area contributed by atoms with Crippen molar-refractivity contribution in [1.29, 1.82) is 0 Å². The second-order valence-electron chi connectivity index (χ2n) is 6.57. The number of carbonyl (C=O) groups excluding carboxylic acids is 1. The minimum atomic E-state index is 0.0931. The minimum Gasteiger partial charge on any atom is -0.467 e. The lowest BCUT2D eigenvalue weighted by Crippen LogP contribution is -2.49. The van der Waals surface area contributed by atoms with Crippen molar-refractivity contribution in [2.24, 2.45) is 0 Å². The molecule has 1 atom stereocenters. The molecule has 0 bridgehead atoms. The molecule has 7 nitrogen and oxygen atoms in total. The highest BCUT2D eigenvalue weighted by atomic mass is 16.3. The zero-order valence-corrected chi connectivity index (χ0v) is 14.8. The lowest BCUT2D eigenvalue weighted by atomic mass is 10.0. The first kappa shape index (κ1) is 17.4. The van der Waals surface area contributed by atoms with Crippen molar-refractivity contribution in [2.45, 2.75) is 25.4 Å². The summed E-state index contributed by atoms with van der Waals surface area (Å²) in [6.07, 6.45) is 5.48. The summed E-state index contributed by atoms with van der Waals surface area (Å²) < 4.78 is 5.31. The fourth-order valence-electron chi connectivity index (χ4n) is 3.17. The molecule has 1 amide bonds. The summed E-state index contributed by atoms with van der Waals surface area (Å²) in [6, 6.07) is 7.94. The third-order valence-electron chi connectivity index (χ3n) is 4.69. The van der Waals surface area contributed by atoms with Gasteiger partial charge in [-0.3, -0.25) is 9.69 Å². The second kappa shape index (κ2) is 8.11. The van der Waals surface area contributed by atoms with Crippen molar-refractivity contribution in [3.8, 4) is 0 Å². The van der Waals surface area contributed by atoms with Gasteiger partial charge in [0.05, 0.1) is 19.4 Å². The van der Waals surface area contributed by atoms with Crippen molar-refractivity contribution in [3.05, 3.63) is 42.5 Å². The van der Waals surface area contributed by atoms with Gasteiger partial charge in [-0.1, -0.05) is 0 Å². The van der Waals surface area contributed by atoms with Gasteiger partial charge >= 0.3 is 0 Å². The van der Waals surface area contributed by atoms with Gasteiger partial charge in [-0.15, -0.1) is 5.10 Å². The molecule has 1 fully saturated rings. The molecule has 3 heterocycles. The van der Waals surface area contributed by atoms with Gasteiger partial charge in [-0.05, 0) is 44.2 Å². The summed E-state index contributed by atoms with van der Waals surface area (Å²) >= 11 is 0. The standard InChI is InChI=1S/C18H25N5O2/c1-21(14-18(24)22(2)13-16-7-5-11-25-16)15-6-4-10-23(12-15)17-8-3-9-19-20-17/h3,5,7-9,11,15H,4,6,10,12-14H2,1-2H3/t15-/m1/s1. The van der Waals surface area contributed by atoms with Crippen molar-refractivity contribution in [1.82, 2.24) is 20.0 Å². The summed E-state index contributed by atoms with van der Waals surface area (Å²) in [4.78, 5) is 18.6. The molecule has 0 unspecified atom stereocenters. The number of amides is 1. The Hall–Kier alpha value is -2.41. The summed E-state index contributed by atoms with van der Waals surface area (Å²) in [5.41, 5.74) is 0. The van der Waals surface area contributed by atoms with Crippen LogP contribution in [0.4, 0.5) is 5.82 Å². The van der Waals surface area contributed by atoms with Crippen LogP contribution in [0.5, 0.6) is 0 Å². The summed E-state index contributed by atoms with van der Waals surface area (Å²) in [7, 11) is 3.83. The Kier molecular flexibility index (Phi) is 5.65. The maximum atomic E-state index is 12.5. The number of hydrogen-bond acceptors (Lipinski definition) is 6. The Balaban J connectivity index is 1.53. The monoisotopic (exact) mass is 343 g/mol. The molecule has 0 aromatic carbocycles. The quantitative estimate of drug-likeness (QED) is 0.794. The molecule has 7 heteroatoms. The highest BCUT2D eigenvalue weighted by molar-refractivity contribution is 5.77. The average molecular weight is 343 g/mol. The summed E-state index contributed by atoms with van der Waals surface area (Å²) in [5, 5.41) is 8.16. The van der Waals surface area contributed by atoms with Crippen LogP contribution < -0.4 is 4.90 Å². The third-order valence-corrected chi connectivity index (χ3v) is 4.69. The van der Waals surface area contributed by atoms with Gasteiger partial charge in [0.1, 0.15) is 5.76 Å². The number of anilines is 1. The van der Waals surface area contributed by atoms with Crippen molar-refractivity contribution >= 4 is 11.7 Å². The normalized spacial score (nSPS) is 17.7. The number of aromatic nitrogens is 2. The van der Waals surface area contributed by atoms with E-state index in [0.717, 1.165) is 37.5 Å². The summed E-state index contributed by atoms with van der Waals surface area (Å²) in [5.74, 6) is 1.79. The predicted octanol–water partition coefficient (Wildman–Crippen LogP) is 1.63. The Bertz CT molecular complexity index is 661. The number of rotatable bonds is 6. The molecule has 25 heavy (non-hydrogen) atoms. The van der Waals surface area contributed by atoms with Gasteiger partial charge < -0.3 is 14.2 Å². The molecule has 0 aliphatic carbocycles. The number of furan rings is 1. The average Bonchev–Trinajstić information content (AvgIpc) is 3.15. The van der Waals surface area contributed by atoms with E-state index in [2.05, 4.69) is 20.0 Å². The molecule has 134 valence electrons. The molecule has 1 aliphatic heterocycles. The van der Waals surface area contributed by atoms with Crippen LogP contribution in [0, 0.1) is 0 Å². The maximum absolute atomic E-state index is 12.5. The first-order valence-electron chi connectivity index (χ1n) is 8.62. The van der Waals surface area contributed by atoms with Gasteiger partial charge in [-0.2, -0.15) is 5.10 Å². The SMILES string of the molecule is CN(Cc1ccco1)C(=O)CN(C)[C@@H]1CCCN(c2cccnn2)C1. The number of likely N-dealkylation sites (N-methyl/N-ethyl adjacent to an activating group) is 2. The van der Waals surface area contributed by atoms with Crippen LogP contribution in [0.25, 0.3) is 0 Å². The van der Waals surface area contributed by atoms with Crippen LogP contribution in [-0.2, 0) is 11.3 Å². The van der Waals surface area contributed by atoms with Gasteiger partial charge in [0.15, 0.2) is 5.82 Å². The molecule has 1 saturated heterocycles. The molecular formula is C18H25N5O2. The molecular weight excluding hydrogens is 318 g/mol. The van der Waals surface area contributed by atoms with E-state index < -0.39 is 0 Å². The molecule has 0 saturated carbocycles. The van der Waals surface area contributed by atoms with E-state index in [1.807, 2.05) is 38.4 Å². The fraction of sp³-hybridized carbons (Fsp3) is 0.500. The second-order valence-corrected chi connectivity index (χ2v) is 6.57. The zero-order valence-electron chi connectivity index (χ0n) is 14.8. The lowest BCUT2D eigenvalue weighted by molar-refractivity contribution is -0.132. The number of carbonyl (C=O) groups is 1. The largest absolute Gasteiger partial charge is 0.467 e. The van der Waals surface area contributed by atoms with Crippen LogP contribution in [0.2, 0.25) is 0 Å². The Labute approximate surface area is 148 Å². The maximum Gasteiger partial charge on any atom is 0.236 e. The summed E-state index contributed by atoms with van der Waals surface area (Å²) in [6.45, 7) is 2.74. The van der Waals surface area contributed by atoms with E-state index >= 15 is 0 Å². The number of piperidine rings is 1. The topological polar surface area (TPSA) is 65.7 Å². The molecule has 2 aromatic heterocycles. The molecule has 1 aliphatic rings. The first-order chi connectivity index (χ1) is 12.1. The van der Waals surface area contributed by atoms with E-state index in [9.17, 15) is 4.79 Å². The fourth-order valence-corrected chi connectivity index (χ4v) is 3.17. The minimum absolute atomic E-state index is 0.0931. The van der Waals surface area contributed by atoms with Gasteiger partial charge in [0.25, 0.3) is 0 Å². The Morgan fingerprint density at radius 2 is 2.24 bits per heavy atom. The highest BCUT2D eigenvalue weighted by Gasteiger charge is 2.26. The van der Waals surface area contributed by atoms with Crippen LogP contribution in [0.3, 0.4) is 0 Å². The van der Waals surface area contributed by atoms with E-state index in [1.165, 1.54) is 0 Å². The van der Waals surface area contributed by atoms with Crippen LogP contribution in [0.1, 0.15) is 18.6 Å². The van der Waals surface area contributed by atoms with E-state index in [-0.39, 0.29) is 5.91 Å². The van der Waals surface area contributed by atoms with Crippen LogP contribution >= 0.6 is 0 Å². The molecule has 0 radical (unpaired) electrons. The van der Waals surface area contributed by atoms with Crippen LogP contribution in [0.15, 0.2) is 41.1 Å². The van der Waals surface area contributed by atoms with Gasteiger partial charge in [-0.25, -0.2) is 0 Å². The smallest absolute Gasteiger partial charge is 0.236 e. The molecule has 0 N–H and O–H groups in total. The Morgan fingerprint density at radius 3 is 2.96 bits per heavy atom. The van der Waals surface area contributed by atoms with Crippen LogP contribution in [-0.4, -0.2) is 65.7 Å². The Morgan fingerprint density at radius 1 is 1.36 bits per heavy atom. The van der Waals surface area contributed by atoms with E-state index in [0.29, 0.717) is 19.1 Å². The van der Waals surface area contributed by atoms with Crippen molar-refractivity contribution in [3.63, 3.8) is 0 Å². The lowest BCUT2D eigenvalue weighted by Gasteiger charge is -2.38. The first-order valence-corrected chi connectivity index (χ1v) is 8.62. The van der Waals surface area contributed by atoms with E-state index in [1.54, 1.807) is 17.4 Å². The van der Waals surface area contributed by atoms with E-state index in [4.69, 9.17) is 4.42 Å². The zero-order chi connectivity index (χ0) is 17.6. The molecule has 2 aromatic rings. The van der Waals surface area contributed by atoms with Gasteiger partial charge in [0, 0.05) is 32.4 Å². The van der Waals surface area contributed by atoms with Crippen molar-refractivity contribution < 1.29 is 9.21 Å². The third kappa shape index (κ3) is 4.57. The number of hydrogen-bond donors (Lipinski definition) is 0.